The fraction of sp³-hybridized carbons (Fsp3) is 0. The number of fused-ring (bicyclic) bond motifs is 2. The van der Waals surface area contributed by atoms with Crippen molar-refractivity contribution in [3.63, 3.8) is 0 Å². The van der Waals surface area contributed by atoms with Gasteiger partial charge in [-0.1, -0.05) is 58.4 Å². The average Bonchev–Trinajstić information content (AvgIpc) is 2.89. The Morgan fingerprint density at radius 3 is 2.70 bits per heavy atom. The molecule has 0 aliphatic rings. The highest BCUT2D eigenvalue weighted by Gasteiger charge is 2.09. The predicted molar refractivity (Wildman–Crippen MR) is 90.3 cm³/mol. The van der Waals surface area contributed by atoms with Crippen LogP contribution in [0.2, 0.25) is 0 Å². The van der Waals surface area contributed by atoms with E-state index in [-0.39, 0.29) is 0 Å². The minimum absolute atomic E-state index is 1.06. The first-order valence-electron chi connectivity index (χ1n) is 6.35. The molecule has 0 amide bonds. The highest BCUT2D eigenvalue weighted by molar-refractivity contribution is 9.10. The number of halogens is 1. The van der Waals surface area contributed by atoms with Crippen LogP contribution in [0, 0.1) is 0 Å². The van der Waals surface area contributed by atoms with Crippen LogP contribution in [0.1, 0.15) is 0 Å². The number of thiazole rings is 1. The Morgan fingerprint density at radius 2 is 1.75 bits per heavy atom. The van der Waals surface area contributed by atoms with Crippen molar-refractivity contribution in [2.45, 2.75) is 0 Å². The number of hydrogen-bond donors (Lipinski definition) is 0. The van der Waals surface area contributed by atoms with Crippen LogP contribution in [-0.2, 0) is 0 Å². The molecule has 0 spiro atoms. The molecule has 96 valence electrons. The highest BCUT2D eigenvalue weighted by atomic mass is 79.9. The number of nitrogens with zero attached hydrogens (tertiary/aromatic N) is 1. The quantitative estimate of drug-likeness (QED) is 0.422. The maximum atomic E-state index is 4.77. The van der Waals surface area contributed by atoms with E-state index in [2.05, 4.69) is 70.5 Å². The van der Waals surface area contributed by atoms with Crippen LogP contribution < -0.4 is 0 Å². The molecule has 0 N–H and O–H groups in total. The second kappa shape index (κ2) is 4.69. The van der Waals surface area contributed by atoms with Crippen molar-refractivity contribution in [1.82, 2.24) is 4.98 Å². The van der Waals surface area contributed by atoms with E-state index in [1.165, 1.54) is 21.0 Å². The summed E-state index contributed by atoms with van der Waals surface area (Å²) in [7, 11) is 0. The molecule has 0 aliphatic heterocycles. The monoisotopic (exact) mass is 339 g/mol. The normalized spacial score (nSPS) is 11.2. The molecule has 1 heterocycles. The first-order valence-corrected chi connectivity index (χ1v) is 7.96. The highest BCUT2D eigenvalue weighted by Crippen LogP contribution is 2.35. The summed E-state index contributed by atoms with van der Waals surface area (Å²) in [5.41, 5.74) is 2.27. The molecular weight excluding hydrogens is 330 g/mol. The van der Waals surface area contributed by atoms with E-state index in [1.54, 1.807) is 11.3 Å². The van der Waals surface area contributed by atoms with E-state index in [4.69, 9.17) is 4.98 Å². The number of rotatable bonds is 1. The lowest BCUT2D eigenvalue weighted by molar-refractivity contribution is 1.48. The maximum absolute atomic E-state index is 4.77. The van der Waals surface area contributed by atoms with Gasteiger partial charge in [0.2, 0.25) is 0 Å². The molecule has 3 aromatic carbocycles. The zero-order valence-electron chi connectivity index (χ0n) is 10.5. The first kappa shape index (κ1) is 12.1. The van der Waals surface area contributed by atoms with Gasteiger partial charge in [0, 0.05) is 10.0 Å². The van der Waals surface area contributed by atoms with Crippen LogP contribution in [0.4, 0.5) is 0 Å². The molecule has 20 heavy (non-hydrogen) atoms. The molecular formula is C17H10BrNS. The Balaban J connectivity index is 2.01. The largest absolute Gasteiger partial charge is 0.236 e. The zero-order valence-corrected chi connectivity index (χ0v) is 12.9. The van der Waals surface area contributed by atoms with Crippen LogP contribution in [-0.4, -0.2) is 4.98 Å². The molecule has 0 saturated heterocycles. The van der Waals surface area contributed by atoms with Gasteiger partial charge in [-0.3, -0.25) is 0 Å². The van der Waals surface area contributed by atoms with Gasteiger partial charge in [0.1, 0.15) is 5.01 Å². The summed E-state index contributed by atoms with van der Waals surface area (Å²) in [4.78, 5) is 4.77. The van der Waals surface area contributed by atoms with E-state index < -0.39 is 0 Å². The molecule has 0 unspecified atom stereocenters. The van der Waals surface area contributed by atoms with E-state index >= 15 is 0 Å². The van der Waals surface area contributed by atoms with E-state index in [0.29, 0.717) is 0 Å². The minimum atomic E-state index is 1.06. The second-order valence-electron chi connectivity index (χ2n) is 4.66. The third-order valence-electron chi connectivity index (χ3n) is 3.37. The fourth-order valence-electron chi connectivity index (χ4n) is 2.43. The standard InChI is InChI=1S/C17H10BrNS/c18-12-8-9-15-16(10-12)20-17(19-15)14-7-3-5-11-4-1-2-6-13(11)14/h1-10H. The van der Waals surface area contributed by atoms with Gasteiger partial charge in [-0.05, 0) is 29.0 Å². The summed E-state index contributed by atoms with van der Waals surface area (Å²) in [5, 5.41) is 3.59. The van der Waals surface area contributed by atoms with Crippen molar-refractivity contribution in [2.75, 3.05) is 0 Å². The molecule has 0 aliphatic carbocycles. The number of benzene rings is 3. The van der Waals surface area contributed by atoms with Crippen LogP contribution in [0.3, 0.4) is 0 Å². The van der Waals surface area contributed by atoms with Crippen LogP contribution in [0.5, 0.6) is 0 Å². The Hall–Kier alpha value is -1.71. The van der Waals surface area contributed by atoms with Crippen LogP contribution in [0.25, 0.3) is 31.6 Å². The lowest BCUT2D eigenvalue weighted by Crippen LogP contribution is -1.79. The zero-order chi connectivity index (χ0) is 13.5. The fourth-order valence-corrected chi connectivity index (χ4v) is 3.98. The molecule has 0 bridgehead atoms. The molecule has 4 rings (SSSR count). The summed E-state index contributed by atoms with van der Waals surface area (Å²) in [6.45, 7) is 0. The Morgan fingerprint density at radius 1 is 0.900 bits per heavy atom. The second-order valence-corrected chi connectivity index (χ2v) is 6.60. The Bertz CT molecular complexity index is 921. The number of aromatic nitrogens is 1. The van der Waals surface area contributed by atoms with Gasteiger partial charge in [0.15, 0.2) is 0 Å². The van der Waals surface area contributed by atoms with Gasteiger partial charge >= 0.3 is 0 Å². The molecule has 0 saturated carbocycles. The topological polar surface area (TPSA) is 12.9 Å². The van der Waals surface area contributed by atoms with Gasteiger partial charge < -0.3 is 0 Å². The predicted octanol–water partition coefficient (Wildman–Crippen LogP) is 5.88. The van der Waals surface area contributed by atoms with Crippen molar-refractivity contribution in [1.29, 1.82) is 0 Å². The summed E-state index contributed by atoms with van der Waals surface area (Å²) in [5.74, 6) is 0. The van der Waals surface area contributed by atoms with Gasteiger partial charge in [0.05, 0.1) is 10.2 Å². The molecule has 0 radical (unpaired) electrons. The first-order chi connectivity index (χ1) is 9.81. The third-order valence-corrected chi connectivity index (χ3v) is 4.92. The summed E-state index contributed by atoms with van der Waals surface area (Å²) in [6.07, 6.45) is 0. The van der Waals surface area contributed by atoms with Gasteiger partial charge in [0.25, 0.3) is 0 Å². The average molecular weight is 340 g/mol. The van der Waals surface area contributed by atoms with Crippen molar-refractivity contribution >= 4 is 48.3 Å². The van der Waals surface area contributed by atoms with Gasteiger partial charge in [-0.25, -0.2) is 4.98 Å². The smallest absolute Gasteiger partial charge is 0.125 e. The molecule has 3 heteroatoms. The molecule has 0 fully saturated rings. The Labute approximate surface area is 129 Å². The van der Waals surface area contributed by atoms with E-state index in [9.17, 15) is 0 Å². The molecule has 0 atom stereocenters. The van der Waals surface area contributed by atoms with Gasteiger partial charge in [-0.15, -0.1) is 11.3 Å². The van der Waals surface area contributed by atoms with Crippen LogP contribution >= 0.6 is 27.3 Å². The van der Waals surface area contributed by atoms with Crippen molar-refractivity contribution < 1.29 is 0 Å². The third kappa shape index (κ3) is 1.94. The van der Waals surface area contributed by atoms with Crippen molar-refractivity contribution in [2.24, 2.45) is 0 Å². The molecule has 4 aromatic rings. The summed E-state index contributed by atoms with van der Waals surface area (Å²) in [6, 6.07) is 21.1. The Kier molecular flexibility index (Phi) is 2.83. The van der Waals surface area contributed by atoms with Crippen molar-refractivity contribution in [3.05, 3.63) is 65.1 Å². The SMILES string of the molecule is Brc1ccc2nc(-c3cccc4ccccc34)sc2c1. The van der Waals surface area contributed by atoms with Crippen LogP contribution in [0.15, 0.2) is 65.1 Å². The molecule has 1 nitrogen and oxygen atoms in total. The minimum Gasteiger partial charge on any atom is -0.236 e. The van der Waals surface area contributed by atoms with E-state index in [1.807, 2.05) is 6.07 Å². The lowest BCUT2D eigenvalue weighted by Gasteiger charge is -2.02. The lowest BCUT2D eigenvalue weighted by atomic mass is 10.1. The van der Waals surface area contributed by atoms with Gasteiger partial charge in [-0.2, -0.15) is 0 Å². The van der Waals surface area contributed by atoms with E-state index in [0.717, 1.165) is 15.0 Å². The summed E-state index contributed by atoms with van der Waals surface area (Å²) >= 11 is 5.25. The summed E-state index contributed by atoms with van der Waals surface area (Å²) < 4.78 is 2.31. The molecule has 1 aromatic heterocycles. The number of hydrogen-bond acceptors (Lipinski definition) is 2. The maximum Gasteiger partial charge on any atom is 0.125 e. The van der Waals surface area contributed by atoms with Crippen molar-refractivity contribution in [3.8, 4) is 10.6 Å².